The zero-order valence-corrected chi connectivity index (χ0v) is 13.7. The molecule has 0 radical (unpaired) electrons. The summed E-state index contributed by atoms with van der Waals surface area (Å²) < 4.78 is 13.4. The summed E-state index contributed by atoms with van der Waals surface area (Å²) in [5.74, 6) is -0.249. The van der Waals surface area contributed by atoms with Crippen LogP contribution in [-0.2, 0) is 6.42 Å². The molecular weight excluding hydrogens is 285 g/mol. The predicted octanol–water partition coefficient (Wildman–Crippen LogP) is 4.91. The number of hydrogen-bond donors (Lipinski definition) is 1. The zero-order chi connectivity index (χ0) is 15.6. The lowest BCUT2D eigenvalue weighted by atomic mass is 9.90. The molecule has 0 fully saturated rings. The third-order valence-corrected chi connectivity index (χ3v) is 4.24. The van der Waals surface area contributed by atoms with E-state index in [2.05, 4.69) is 38.2 Å². The van der Waals surface area contributed by atoms with Crippen LogP contribution < -0.4 is 5.32 Å². The molecule has 21 heavy (non-hydrogen) atoms. The summed E-state index contributed by atoms with van der Waals surface area (Å²) in [4.78, 5) is 0. The van der Waals surface area contributed by atoms with Crippen molar-refractivity contribution in [3.63, 3.8) is 0 Å². The minimum absolute atomic E-state index is 0.116. The van der Waals surface area contributed by atoms with E-state index in [0.717, 1.165) is 5.56 Å². The average Bonchev–Trinajstić information content (AvgIpc) is 2.40. The number of likely N-dealkylation sites (N-methyl/N-ethyl adjacent to an activating group) is 1. The molecule has 0 bridgehead atoms. The van der Waals surface area contributed by atoms with Crippen LogP contribution in [-0.4, -0.2) is 7.05 Å². The van der Waals surface area contributed by atoms with Crippen LogP contribution in [0.5, 0.6) is 0 Å². The van der Waals surface area contributed by atoms with Gasteiger partial charge in [-0.25, -0.2) is 4.39 Å². The topological polar surface area (TPSA) is 12.0 Å². The molecule has 2 aromatic rings. The molecule has 112 valence electrons. The number of hydrogen-bond acceptors (Lipinski definition) is 1. The summed E-state index contributed by atoms with van der Waals surface area (Å²) >= 11 is 6.20. The number of aryl methyl sites for hydroxylation is 3. The first-order valence-corrected chi connectivity index (χ1v) is 7.49. The molecule has 2 aromatic carbocycles. The molecule has 0 heterocycles. The lowest BCUT2D eigenvalue weighted by molar-refractivity contribution is 0.579. The monoisotopic (exact) mass is 305 g/mol. The van der Waals surface area contributed by atoms with Crippen molar-refractivity contribution in [2.45, 2.75) is 33.2 Å². The van der Waals surface area contributed by atoms with Crippen LogP contribution in [0.1, 0.15) is 33.9 Å². The third kappa shape index (κ3) is 3.63. The molecular formula is C18H21ClFN. The van der Waals surface area contributed by atoms with Crippen molar-refractivity contribution in [1.29, 1.82) is 0 Å². The van der Waals surface area contributed by atoms with Gasteiger partial charge in [0, 0.05) is 11.1 Å². The van der Waals surface area contributed by atoms with Crippen LogP contribution in [0.15, 0.2) is 30.3 Å². The fourth-order valence-corrected chi connectivity index (χ4v) is 3.20. The van der Waals surface area contributed by atoms with E-state index in [9.17, 15) is 4.39 Å². The second-order valence-corrected chi connectivity index (χ2v) is 6.00. The van der Waals surface area contributed by atoms with Gasteiger partial charge in [-0.2, -0.15) is 0 Å². The molecule has 0 aromatic heterocycles. The molecule has 0 aliphatic rings. The molecule has 1 nitrogen and oxygen atoms in total. The molecule has 1 N–H and O–H groups in total. The maximum Gasteiger partial charge on any atom is 0.123 e. The van der Waals surface area contributed by atoms with E-state index in [1.54, 1.807) is 6.07 Å². The van der Waals surface area contributed by atoms with Crippen LogP contribution in [0.25, 0.3) is 0 Å². The minimum atomic E-state index is -0.249. The molecule has 0 amide bonds. The molecule has 1 atom stereocenters. The van der Waals surface area contributed by atoms with Gasteiger partial charge in [0.2, 0.25) is 0 Å². The van der Waals surface area contributed by atoms with E-state index in [1.165, 1.54) is 34.4 Å². The van der Waals surface area contributed by atoms with Crippen LogP contribution in [0.3, 0.4) is 0 Å². The highest BCUT2D eigenvalue weighted by Gasteiger charge is 2.17. The fourth-order valence-electron chi connectivity index (χ4n) is 3.01. The number of benzene rings is 2. The number of halogens is 2. The quantitative estimate of drug-likeness (QED) is 0.846. The Kier molecular flexibility index (Phi) is 5.02. The first-order chi connectivity index (χ1) is 9.92. The maximum atomic E-state index is 13.4. The van der Waals surface area contributed by atoms with Gasteiger partial charge >= 0.3 is 0 Å². The van der Waals surface area contributed by atoms with E-state index >= 15 is 0 Å². The second kappa shape index (κ2) is 6.59. The van der Waals surface area contributed by atoms with Gasteiger partial charge in [-0.15, -0.1) is 0 Å². The summed E-state index contributed by atoms with van der Waals surface area (Å²) in [5.41, 5.74) is 5.85. The summed E-state index contributed by atoms with van der Waals surface area (Å²) in [6.45, 7) is 6.33. The van der Waals surface area contributed by atoms with Crippen molar-refractivity contribution >= 4 is 11.6 Å². The lowest BCUT2D eigenvalue weighted by Gasteiger charge is -2.22. The summed E-state index contributed by atoms with van der Waals surface area (Å²) in [6.07, 6.45) is 0.665. The first kappa shape index (κ1) is 16.0. The van der Waals surface area contributed by atoms with E-state index in [4.69, 9.17) is 11.6 Å². The normalized spacial score (nSPS) is 12.5. The second-order valence-electron chi connectivity index (χ2n) is 5.59. The molecule has 0 saturated heterocycles. The van der Waals surface area contributed by atoms with Crippen LogP contribution in [0, 0.1) is 26.6 Å². The first-order valence-electron chi connectivity index (χ1n) is 7.11. The SMILES string of the molecule is CNC(Cc1cc(F)ccc1Cl)c1c(C)cc(C)cc1C. The maximum absolute atomic E-state index is 13.4. The highest BCUT2D eigenvalue weighted by molar-refractivity contribution is 6.31. The Hall–Kier alpha value is -1.38. The van der Waals surface area contributed by atoms with Crippen LogP contribution in [0.2, 0.25) is 5.02 Å². The van der Waals surface area contributed by atoms with Crippen molar-refractivity contribution in [2.75, 3.05) is 7.05 Å². The van der Waals surface area contributed by atoms with Gasteiger partial charge in [-0.1, -0.05) is 29.3 Å². The zero-order valence-electron chi connectivity index (χ0n) is 12.9. The minimum Gasteiger partial charge on any atom is -0.313 e. The molecule has 0 aliphatic heterocycles. The highest BCUT2D eigenvalue weighted by Crippen LogP contribution is 2.28. The van der Waals surface area contributed by atoms with Crippen molar-refractivity contribution in [3.8, 4) is 0 Å². The molecule has 3 heteroatoms. The van der Waals surface area contributed by atoms with Gasteiger partial charge in [0.15, 0.2) is 0 Å². The Balaban J connectivity index is 2.39. The van der Waals surface area contributed by atoms with Crippen molar-refractivity contribution in [1.82, 2.24) is 5.32 Å². The van der Waals surface area contributed by atoms with Crippen molar-refractivity contribution < 1.29 is 4.39 Å². The van der Waals surface area contributed by atoms with E-state index < -0.39 is 0 Å². The molecule has 2 rings (SSSR count). The summed E-state index contributed by atoms with van der Waals surface area (Å²) in [7, 11) is 1.93. The Bertz CT molecular complexity index is 629. The average molecular weight is 306 g/mol. The molecule has 0 spiro atoms. The van der Waals surface area contributed by atoms with Gasteiger partial charge in [-0.05, 0) is 74.7 Å². The highest BCUT2D eigenvalue weighted by atomic mass is 35.5. The lowest BCUT2D eigenvalue weighted by Crippen LogP contribution is -2.21. The summed E-state index contributed by atoms with van der Waals surface area (Å²) in [6, 6.07) is 9.01. The fraction of sp³-hybridized carbons (Fsp3) is 0.333. The Labute approximate surface area is 131 Å². The Morgan fingerprint density at radius 1 is 1.10 bits per heavy atom. The van der Waals surface area contributed by atoms with E-state index in [1.807, 2.05) is 7.05 Å². The van der Waals surface area contributed by atoms with E-state index in [-0.39, 0.29) is 11.9 Å². The van der Waals surface area contributed by atoms with Crippen molar-refractivity contribution in [2.24, 2.45) is 0 Å². The van der Waals surface area contributed by atoms with Crippen molar-refractivity contribution in [3.05, 3.63) is 69.0 Å². The number of rotatable bonds is 4. The smallest absolute Gasteiger partial charge is 0.123 e. The Morgan fingerprint density at radius 3 is 2.29 bits per heavy atom. The van der Waals surface area contributed by atoms with Crippen LogP contribution >= 0.6 is 11.6 Å². The predicted molar refractivity (Wildman–Crippen MR) is 87.6 cm³/mol. The van der Waals surface area contributed by atoms with Gasteiger partial charge in [0.05, 0.1) is 0 Å². The van der Waals surface area contributed by atoms with E-state index in [0.29, 0.717) is 11.4 Å². The van der Waals surface area contributed by atoms with Crippen LogP contribution in [0.4, 0.5) is 4.39 Å². The summed E-state index contributed by atoms with van der Waals surface area (Å²) in [5, 5.41) is 3.94. The number of nitrogens with one attached hydrogen (secondary N) is 1. The van der Waals surface area contributed by atoms with Gasteiger partial charge in [0.1, 0.15) is 5.82 Å². The Morgan fingerprint density at radius 2 is 1.71 bits per heavy atom. The van der Waals surface area contributed by atoms with Gasteiger partial charge in [-0.3, -0.25) is 0 Å². The third-order valence-electron chi connectivity index (χ3n) is 3.87. The molecule has 1 unspecified atom stereocenters. The largest absolute Gasteiger partial charge is 0.313 e. The van der Waals surface area contributed by atoms with Gasteiger partial charge in [0.25, 0.3) is 0 Å². The molecule has 0 saturated carbocycles. The standard InChI is InChI=1S/C18H21ClFN/c1-11-7-12(2)18(13(3)8-11)17(21-4)10-14-9-15(20)5-6-16(14)19/h5-9,17,21H,10H2,1-4H3. The molecule has 0 aliphatic carbocycles. The van der Waals surface area contributed by atoms with Gasteiger partial charge < -0.3 is 5.32 Å².